The second-order valence-electron chi connectivity index (χ2n) is 5.08. The zero-order chi connectivity index (χ0) is 18.6. The molecule has 1 aromatic carbocycles. The van der Waals surface area contributed by atoms with E-state index in [1.165, 1.54) is 11.8 Å². The second-order valence-corrected chi connectivity index (χ2v) is 5.89. The Morgan fingerprint density at radius 3 is 2.52 bits per heavy atom. The van der Waals surface area contributed by atoms with Gasteiger partial charge in [-0.1, -0.05) is 29.3 Å². The molecule has 134 valence electrons. The first-order valence-corrected chi connectivity index (χ1v) is 7.98. The molecule has 1 heterocycles. The van der Waals surface area contributed by atoms with Crippen LogP contribution in [0.4, 0.5) is 0 Å². The molecule has 0 unspecified atom stereocenters. The Morgan fingerprint density at radius 1 is 1.32 bits per heavy atom. The summed E-state index contributed by atoms with van der Waals surface area (Å²) in [5, 5.41) is 13.8. The molecule has 0 bridgehead atoms. The van der Waals surface area contributed by atoms with Gasteiger partial charge in [0.2, 0.25) is 5.82 Å². The Hall–Kier alpha value is -2.16. The number of nitrogens with zero attached hydrogens (tertiary/aromatic N) is 4. The van der Waals surface area contributed by atoms with Gasteiger partial charge in [-0.05, 0) is 19.1 Å². The van der Waals surface area contributed by atoms with Crippen LogP contribution in [0.2, 0.25) is 10.0 Å². The molecular formula is C15H16Cl2N4O4. The topological polar surface area (TPSA) is 97.5 Å². The summed E-state index contributed by atoms with van der Waals surface area (Å²) in [5.41, 5.74) is 0.400. The molecule has 1 aromatic heterocycles. The lowest BCUT2D eigenvalue weighted by atomic mass is 10.3. The molecule has 2 aromatic rings. The van der Waals surface area contributed by atoms with E-state index >= 15 is 0 Å². The lowest BCUT2D eigenvalue weighted by Gasteiger charge is -2.18. The first-order chi connectivity index (χ1) is 11.8. The lowest BCUT2D eigenvalue weighted by molar-refractivity contribution is -0.137. The zero-order valence-electron chi connectivity index (χ0n) is 13.6. The van der Waals surface area contributed by atoms with Crippen LogP contribution in [0.15, 0.2) is 18.2 Å². The van der Waals surface area contributed by atoms with Gasteiger partial charge in [0.05, 0.1) is 16.7 Å². The molecule has 1 N–H and O–H groups in total. The van der Waals surface area contributed by atoms with Gasteiger partial charge in [-0.25, -0.2) is 9.67 Å². The number of aromatic nitrogens is 3. The summed E-state index contributed by atoms with van der Waals surface area (Å²) < 4.78 is 6.26. The fourth-order valence-electron chi connectivity index (χ4n) is 2.14. The van der Waals surface area contributed by atoms with Gasteiger partial charge in [0, 0.05) is 13.7 Å². The van der Waals surface area contributed by atoms with E-state index in [-0.39, 0.29) is 19.0 Å². The van der Waals surface area contributed by atoms with Crippen LogP contribution in [-0.4, -0.2) is 63.5 Å². The molecule has 1 amide bonds. The number of carbonyl (C=O) groups is 2. The number of aliphatic carboxylic acids is 1. The molecule has 8 nitrogen and oxygen atoms in total. The monoisotopic (exact) mass is 386 g/mol. The van der Waals surface area contributed by atoms with Crippen molar-refractivity contribution in [3.63, 3.8) is 0 Å². The lowest BCUT2D eigenvalue weighted by Crippen LogP contribution is -2.38. The van der Waals surface area contributed by atoms with Crippen molar-refractivity contribution >= 4 is 35.1 Å². The number of methoxy groups -OCH3 is 1. The predicted octanol–water partition coefficient (Wildman–Crippen LogP) is 2.06. The smallest absolute Gasteiger partial charge is 0.323 e. The highest BCUT2D eigenvalue weighted by molar-refractivity contribution is 6.37. The van der Waals surface area contributed by atoms with E-state index in [1.54, 1.807) is 25.1 Å². The van der Waals surface area contributed by atoms with Gasteiger partial charge in [0.25, 0.3) is 5.91 Å². The molecule has 10 heteroatoms. The van der Waals surface area contributed by atoms with Crippen molar-refractivity contribution in [2.24, 2.45) is 0 Å². The number of benzene rings is 1. The predicted molar refractivity (Wildman–Crippen MR) is 91.5 cm³/mol. The molecule has 25 heavy (non-hydrogen) atoms. The van der Waals surface area contributed by atoms with Crippen LogP contribution < -0.4 is 0 Å². The SMILES string of the molecule is COCCN(CC(=O)O)C(=O)c1nc(C)n(-c2c(Cl)cccc2Cl)n1. The fraction of sp³-hybridized carbons (Fsp3) is 0.333. The summed E-state index contributed by atoms with van der Waals surface area (Å²) in [5.74, 6) is -1.52. The molecule has 0 aliphatic heterocycles. The number of para-hydroxylation sites is 1. The summed E-state index contributed by atoms with van der Waals surface area (Å²) in [7, 11) is 1.46. The van der Waals surface area contributed by atoms with Crippen molar-refractivity contribution in [2.45, 2.75) is 6.92 Å². The summed E-state index contributed by atoms with van der Waals surface area (Å²) >= 11 is 12.3. The standard InChI is InChI=1S/C15H16Cl2N4O4/c1-9-18-14(15(24)20(6-7-25-2)8-12(22)23)19-21(9)13-10(16)4-3-5-11(13)17/h3-5H,6-8H2,1-2H3,(H,22,23). The highest BCUT2D eigenvalue weighted by Gasteiger charge is 2.24. The van der Waals surface area contributed by atoms with E-state index in [0.29, 0.717) is 21.6 Å². The third-order valence-electron chi connectivity index (χ3n) is 3.29. The Bertz CT molecular complexity index is 774. The van der Waals surface area contributed by atoms with E-state index in [9.17, 15) is 9.59 Å². The van der Waals surface area contributed by atoms with Gasteiger partial charge >= 0.3 is 5.97 Å². The number of hydrogen-bond donors (Lipinski definition) is 1. The average molecular weight is 387 g/mol. The van der Waals surface area contributed by atoms with E-state index < -0.39 is 18.4 Å². The van der Waals surface area contributed by atoms with Gasteiger partial charge in [0.1, 0.15) is 18.1 Å². The van der Waals surface area contributed by atoms with Crippen molar-refractivity contribution < 1.29 is 19.4 Å². The quantitative estimate of drug-likeness (QED) is 0.781. The summed E-state index contributed by atoms with van der Waals surface area (Å²) in [6.45, 7) is 1.44. The van der Waals surface area contributed by atoms with Crippen molar-refractivity contribution in [3.05, 3.63) is 39.9 Å². The normalized spacial score (nSPS) is 10.7. The molecule has 0 saturated carbocycles. The van der Waals surface area contributed by atoms with Crippen molar-refractivity contribution in [3.8, 4) is 5.69 Å². The van der Waals surface area contributed by atoms with Gasteiger partial charge in [-0.2, -0.15) is 0 Å². The summed E-state index contributed by atoms with van der Waals surface area (Å²) in [6, 6.07) is 4.97. The van der Waals surface area contributed by atoms with Gasteiger partial charge in [-0.3, -0.25) is 9.59 Å². The van der Waals surface area contributed by atoms with Crippen LogP contribution >= 0.6 is 23.2 Å². The zero-order valence-corrected chi connectivity index (χ0v) is 15.1. The molecule has 0 fully saturated rings. The van der Waals surface area contributed by atoms with Crippen molar-refractivity contribution in [2.75, 3.05) is 26.8 Å². The number of halogens is 2. The van der Waals surface area contributed by atoms with Crippen LogP contribution in [0.5, 0.6) is 0 Å². The summed E-state index contributed by atoms with van der Waals surface area (Å²) in [6.07, 6.45) is 0. The number of ether oxygens (including phenoxy) is 1. The highest BCUT2D eigenvalue weighted by atomic mass is 35.5. The van der Waals surface area contributed by atoms with Gasteiger partial charge < -0.3 is 14.7 Å². The van der Waals surface area contributed by atoms with Crippen LogP contribution in [0.1, 0.15) is 16.4 Å². The second kappa shape index (κ2) is 8.28. The number of hydrogen-bond acceptors (Lipinski definition) is 5. The first kappa shape index (κ1) is 19.2. The number of rotatable bonds is 7. The highest BCUT2D eigenvalue weighted by Crippen LogP contribution is 2.28. The van der Waals surface area contributed by atoms with Crippen LogP contribution in [0.25, 0.3) is 5.69 Å². The Labute approximate surface area is 153 Å². The third kappa shape index (κ3) is 4.47. The Morgan fingerprint density at radius 2 is 1.96 bits per heavy atom. The molecule has 0 atom stereocenters. The average Bonchev–Trinajstić information content (AvgIpc) is 2.92. The minimum absolute atomic E-state index is 0.0993. The van der Waals surface area contributed by atoms with E-state index in [1.807, 2.05) is 0 Å². The maximum atomic E-state index is 12.6. The number of aryl methyl sites for hydroxylation is 1. The number of amides is 1. The maximum absolute atomic E-state index is 12.6. The van der Waals surface area contributed by atoms with Crippen molar-refractivity contribution in [1.82, 2.24) is 19.7 Å². The number of carbonyl (C=O) groups excluding carboxylic acids is 1. The van der Waals surface area contributed by atoms with Gasteiger partial charge in [-0.15, -0.1) is 5.10 Å². The van der Waals surface area contributed by atoms with E-state index in [2.05, 4.69) is 10.1 Å². The Balaban J connectivity index is 2.37. The van der Waals surface area contributed by atoms with E-state index in [4.69, 9.17) is 33.0 Å². The van der Waals surface area contributed by atoms with Gasteiger partial charge in [0.15, 0.2) is 0 Å². The molecule has 0 aliphatic carbocycles. The number of carboxylic acids is 1. The summed E-state index contributed by atoms with van der Waals surface area (Å²) in [4.78, 5) is 28.7. The first-order valence-electron chi connectivity index (χ1n) is 7.23. The molecule has 0 spiro atoms. The molecule has 0 saturated heterocycles. The van der Waals surface area contributed by atoms with Crippen LogP contribution in [0.3, 0.4) is 0 Å². The molecule has 2 rings (SSSR count). The molecular weight excluding hydrogens is 371 g/mol. The largest absolute Gasteiger partial charge is 0.480 e. The number of carboxylic acid groups (broad SMARTS) is 1. The minimum atomic E-state index is -1.14. The maximum Gasteiger partial charge on any atom is 0.323 e. The van der Waals surface area contributed by atoms with E-state index in [0.717, 1.165) is 4.90 Å². The van der Waals surface area contributed by atoms with Crippen molar-refractivity contribution in [1.29, 1.82) is 0 Å². The minimum Gasteiger partial charge on any atom is -0.480 e. The Kier molecular flexibility index (Phi) is 6.35. The van der Waals surface area contributed by atoms with Crippen LogP contribution in [0, 0.1) is 6.92 Å². The van der Waals surface area contributed by atoms with Crippen LogP contribution in [-0.2, 0) is 9.53 Å². The third-order valence-corrected chi connectivity index (χ3v) is 3.90. The molecule has 0 radical (unpaired) electrons. The molecule has 0 aliphatic rings. The fourth-order valence-corrected chi connectivity index (χ4v) is 2.70.